The second kappa shape index (κ2) is 7.59. The van der Waals surface area contributed by atoms with Gasteiger partial charge < -0.3 is 0 Å². The largest absolute Gasteiger partial charge is 0.299 e. The highest BCUT2D eigenvalue weighted by Crippen LogP contribution is 2.34. The molecule has 23 heavy (non-hydrogen) atoms. The molecule has 1 aliphatic heterocycles. The summed E-state index contributed by atoms with van der Waals surface area (Å²) in [6.45, 7) is 8.53. The molecule has 130 valence electrons. The Morgan fingerprint density at radius 1 is 1.09 bits per heavy atom. The van der Waals surface area contributed by atoms with Gasteiger partial charge in [-0.25, -0.2) is 0 Å². The Labute approximate surface area is 140 Å². The van der Waals surface area contributed by atoms with Crippen LogP contribution in [0.25, 0.3) is 0 Å². The predicted octanol–water partition coefficient (Wildman–Crippen LogP) is 3.44. The SMILES string of the molecule is CC(C)C(=O)C1CCC(CCN2C(=O)CC(C(C)C)C2=O)CC1. The maximum Gasteiger partial charge on any atom is 0.233 e. The van der Waals surface area contributed by atoms with Gasteiger partial charge in [0.1, 0.15) is 5.78 Å². The number of rotatable bonds is 6. The lowest BCUT2D eigenvalue weighted by molar-refractivity contribution is -0.139. The van der Waals surface area contributed by atoms with Crippen LogP contribution in [0, 0.1) is 29.6 Å². The van der Waals surface area contributed by atoms with Crippen molar-refractivity contribution in [1.29, 1.82) is 0 Å². The zero-order valence-electron chi connectivity index (χ0n) is 15.0. The average molecular weight is 321 g/mol. The summed E-state index contributed by atoms with van der Waals surface area (Å²) < 4.78 is 0. The fourth-order valence-corrected chi connectivity index (χ4v) is 3.98. The highest BCUT2D eigenvalue weighted by atomic mass is 16.2. The zero-order valence-corrected chi connectivity index (χ0v) is 15.0. The molecule has 4 heteroatoms. The van der Waals surface area contributed by atoms with Crippen molar-refractivity contribution in [3.05, 3.63) is 0 Å². The first kappa shape index (κ1) is 18.2. The van der Waals surface area contributed by atoms with Gasteiger partial charge in [-0.1, -0.05) is 27.7 Å². The van der Waals surface area contributed by atoms with E-state index in [0.717, 1.165) is 32.1 Å². The second-order valence-corrected chi connectivity index (χ2v) is 8.00. The molecular formula is C19H31NO3. The van der Waals surface area contributed by atoms with Gasteiger partial charge in [-0.2, -0.15) is 0 Å². The number of carbonyl (C=O) groups is 3. The molecule has 0 N–H and O–H groups in total. The molecule has 0 aromatic carbocycles. The molecule has 1 saturated carbocycles. The molecule has 1 aliphatic carbocycles. The standard InChI is InChI=1S/C19H31NO3/c1-12(2)16-11-17(21)20(19(16)23)10-9-14-5-7-15(8-6-14)18(22)13(3)4/h12-16H,5-11H2,1-4H3. The fourth-order valence-electron chi connectivity index (χ4n) is 3.98. The van der Waals surface area contributed by atoms with E-state index in [1.807, 2.05) is 27.7 Å². The Morgan fingerprint density at radius 2 is 1.70 bits per heavy atom. The summed E-state index contributed by atoms with van der Waals surface area (Å²) in [7, 11) is 0. The minimum absolute atomic E-state index is 0.00243. The first-order chi connectivity index (χ1) is 10.8. The molecule has 0 aromatic heterocycles. The number of carbonyl (C=O) groups excluding carboxylic acids is 3. The highest BCUT2D eigenvalue weighted by molar-refractivity contribution is 6.03. The van der Waals surface area contributed by atoms with Gasteiger partial charge in [0.2, 0.25) is 11.8 Å². The van der Waals surface area contributed by atoms with Gasteiger partial charge in [-0.15, -0.1) is 0 Å². The number of Topliss-reactive ketones (excluding diaryl/α,β-unsaturated/α-hetero) is 1. The number of hydrogen-bond acceptors (Lipinski definition) is 3. The number of imide groups is 1. The molecular weight excluding hydrogens is 290 g/mol. The lowest BCUT2D eigenvalue weighted by atomic mass is 9.77. The maximum atomic E-state index is 12.3. The van der Waals surface area contributed by atoms with Gasteiger partial charge in [0, 0.05) is 30.7 Å². The van der Waals surface area contributed by atoms with E-state index in [0.29, 0.717) is 24.7 Å². The first-order valence-corrected chi connectivity index (χ1v) is 9.19. The van der Waals surface area contributed by atoms with Crippen LogP contribution in [-0.4, -0.2) is 29.0 Å². The molecule has 2 amide bonds. The van der Waals surface area contributed by atoms with Crippen molar-refractivity contribution in [2.45, 2.75) is 66.2 Å². The zero-order chi connectivity index (χ0) is 17.1. The highest BCUT2D eigenvalue weighted by Gasteiger charge is 2.40. The van der Waals surface area contributed by atoms with Gasteiger partial charge in [0.25, 0.3) is 0 Å². The Kier molecular flexibility index (Phi) is 5.99. The Hall–Kier alpha value is -1.19. The van der Waals surface area contributed by atoms with Crippen LogP contribution in [0.3, 0.4) is 0 Å². The number of ketones is 1. The molecule has 2 fully saturated rings. The van der Waals surface area contributed by atoms with Crippen molar-refractivity contribution < 1.29 is 14.4 Å². The molecule has 1 atom stereocenters. The van der Waals surface area contributed by atoms with Crippen LogP contribution in [0.5, 0.6) is 0 Å². The van der Waals surface area contributed by atoms with E-state index in [1.54, 1.807) is 0 Å². The molecule has 0 radical (unpaired) electrons. The summed E-state index contributed by atoms with van der Waals surface area (Å²) in [5, 5.41) is 0. The number of hydrogen-bond donors (Lipinski definition) is 0. The molecule has 1 saturated heterocycles. The smallest absolute Gasteiger partial charge is 0.233 e. The van der Waals surface area contributed by atoms with Crippen molar-refractivity contribution in [2.24, 2.45) is 29.6 Å². The van der Waals surface area contributed by atoms with Crippen LogP contribution >= 0.6 is 0 Å². The molecule has 2 aliphatic rings. The quantitative estimate of drug-likeness (QED) is 0.704. The Morgan fingerprint density at radius 3 is 2.17 bits per heavy atom. The van der Waals surface area contributed by atoms with Crippen molar-refractivity contribution in [3.8, 4) is 0 Å². The van der Waals surface area contributed by atoms with Crippen LogP contribution in [0.2, 0.25) is 0 Å². The molecule has 1 heterocycles. The third kappa shape index (κ3) is 4.21. The summed E-state index contributed by atoms with van der Waals surface area (Å²) in [4.78, 5) is 37.9. The van der Waals surface area contributed by atoms with E-state index < -0.39 is 0 Å². The van der Waals surface area contributed by atoms with Crippen molar-refractivity contribution in [1.82, 2.24) is 4.90 Å². The molecule has 0 aromatic rings. The topological polar surface area (TPSA) is 54.5 Å². The molecule has 4 nitrogen and oxygen atoms in total. The van der Waals surface area contributed by atoms with Gasteiger partial charge in [-0.05, 0) is 43.9 Å². The number of likely N-dealkylation sites (tertiary alicyclic amines) is 1. The third-order valence-corrected chi connectivity index (χ3v) is 5.66. The summed E-state index contributed by atoms with van der Waals surface area (Å²) in [5.74, 6) is 1.43. The van der Waals surface area contributed by atoms with Crippen molar-refractivity contribution in [2.75, 3.05) is 6.54 Å². The lowest BCUT2D eigenvalue weighted by Crippen LogP contribution is -2.34. The third-order valence-electron chi connectivity index (χ3n) is 5.66. The normalized spacial score (nSPS) is 29.0. The lowest BCUT2D eigenvalue weighted by Gasteiger charge is -2.29. The monoisotopic (exact) mass is 321 g/mol. The van der Waals surface area contributed by atoms with Crippen LogP contribution in [0.4, 0.5) is 0 Å². The molecule has 0 spiro atoms. The summed E-state index contributed by atoms with van der Waals surface area (Å²) in [6.07, 6.45) is 5.31. The van der Waals surface area contributed by atoms with E-state index in [4.69, 9.17) is 0 Å². The minimum atomic E-state index is -0.123. The molecule has 1 unspecified atom stereocenters. The van der Waals surface area contributed by atoms with Crippen LogP contribution in [-0.2, 0) is 14.4 Å². The summed E-state index contributed by atoms with van der Waals surface area (Å²) >= 11 is 0. The van der Waals surface area contributed by atoms with Gasteiger partial charge in [0.05, 0.1) is 0 Å². The van der Waals surface area contributed by atoms with Gasteiger partial charge >= 0.3 is 0 Å². The molecule has 0 bridgehead atoms. The van der Waals surface area contributed by atoms with Crippen LogP contribution in [0.15, 0.2) is 0 Å². The average Bonchev–Trinajstić information content (AvgIpc) is 2.80. The Bertz CT molecular complexity index is 461. The van der Waals surface area contributed by atoms with E-state index in [2.05, 4.69) is 0 Å². The summed E-state index contributed by atoms with van der Waals surface area (Å²) in [6, 6.07) is 0. The number of nitrogens with zero attached hydrogens (tertiary/aromatic N) is 1. The van der Waals surface area contributed by atoms with Crippen molar-refractivity contribution in [3.63, 3.8) is 0 Å². The number of amides is 2. The molecule has 2 rings (SSSR count). The van der Waals surface area contributed by atoms with Crippen LogP contribution in [0.1, 0.15) is 66.2 Å². The van der Waals surface area contributed by atoms with E-state index in [9.17, 15) is 14.4 Å². The van der Waals surface area contributed by atoms with E-state index in [1.165, 1.54) is 4.90 Å². The fraction of sp³-hybridized carbons (Fsp3) is 0.842. The van der Waals surface area contributed by atoms with E-state index in [-0.39, 0.29) is 35.5 Å². The van der Waals surface area contributed by atoms with Crippen LogP contribution < -0.4 is 0 Å². The van der Waals surface area contributed by atoms with E-state index >= 15 is 0 Å². The minimum Gasteiger partial charge on any atom is -0.299 e. The second-order valence-electron chi connectivity index (χ2n) is 8.00. The van der Waals surface area contributed by atoms with Gasteiger partial charge in [0.15, 0.2) is 0 Å². The Balaban J connectivity index is 1.79. The van der Waals surface area contributed by atoms with Crippen molar-refractivity contribution >= 4 is 17.6 Å². The maximum absolute atomic E-state index is 12.3. The van der Waals surface area contributed by atoms with Gasteiger partial charge in [-0.3, -0.25) is 19.3 Å². The summed E-state index contributed by atoms with van der Waals surface area (Å²) in [5.41, 5.74) is 0. The predicted molar refractivity (Wildman–Crippen MR) is 89.6 cm³/mol. The first-order valence-electron chi connectivity index (χ1n) is 9.19.